The number of fused-ring (bicyclic) bond motifs is 4. The molecule has 0 spiro atoms. The first-order valence-corrected chi connectivity index (χ1v) is 16.2. The van der Waals surface area contributed by atoms with E-state index in [0.717, 1.165) is 0 Å². The Morgan fingerprint density at radius 3 is 2.00 bits per heavy atom. The lowest BCUT2D eigenvalue weighted by atomic mass is 10.1. The molecule has 10 atom stereocenters. The summed E-state index contributed by atoms with van der Waals surface area (Å²) < 4.78 is 80.4. The Morgan fingerprint density at radius 2 is 1.42 bits per heavy atom. The lowest BCUT2D eigenvalue weighted by Crippen LogP contribution is -2.36. The first kappa shape index (κ1) is 28.8. The molecule has 0 amide bonds. The van der Waals surface area contributed by atoms with Crippen molar-refractivity contribution in [2.24, 2.45) is 0 Å². The predicted octanol–water partition coefficient (Wildman–Crippen LogP) is 0.993. The van der Waals surface area contributed by atoms with E-state index in [2.05, 4.69) is 29.9 Å². The van der Waals surface area contributed by atoms with Crippen LogP contribution in [-0.4, -0.2) is 93.9 Å². The van der Waals surface area contributed by atoms with E-state index in [1.807, 2.05) is 0 Å². The van der Waals surface area contributed by atoms with Crippen LogP contribution in [0.1, 0.15) is 12.5 Å². The molecule has 0 radical (unpaired) electrons. The zero-order valence-corrected chi connectivity index (χ0v) is 24.0. The Bertz CT molecular complexity index is 1770. The summed E-state index contributed by atoms with van der Waals surface area (Å²) in [6.07, 6.45) is -7.48. The number of aromatic nitrogens is 8. The third kappa shape index (κ3) is 5.04. The van der Waals surface area contributed by atoms with Gasteiger partial charge in [-0.15, -0.1) is 9.05 Å². The van der Waals surface area contributed by atoms with E-state index in [-0.39, 0.29) is 34.0 Å². The van der Waals surface area contributed by atoms with Gasteiger partial charge < -0.3 is 30.4 Å². The zero-order valence-electron chi connectivity index (χ0n) is 21.4. The first-order valence-electron chi connectivity index (χ1n) is 12.5. The quantitative estimate of drug-likeness (QED) is 0.254. The molecule has 0 aromatic carbocycles. The molecule has 5 N–H and O–H groups in total. The normalized spacial score (nSPS) is 36.3. The molecule has 3 saturated heterocycles. The molecule has 7 rings (SSSR count). The second-order valence-corrected chi connectivity index (χ2v) is 13.3. The average Bonchev–Trinajstić information content (AvgIpc) is 3.73. The molecule has 3 aliphatic rings. The fourth-order valence-electron chi connectivity index (χ4n) is 5.08. The van der Waals surface area contributed by atoms with Crippen LogP contribution in [0, 0.1) is 0 Å². The second kappa shape index (κ2) is 10.9. The molecule has 18 nitrogen and oxygen atoms in total. The Hall–Kier alpha value is -2.97. The van der Waals surface area contributed by atoms with Gasteiger partial charge in [0.15, 0.2) is 53.8 Å². The van der Waals surface area contributed by atoms with Gasteiger partial charge in [0.25, 0.3) is 0 Å². The minimum Gasteiger partial charge on any atom is -0.382 e. The Balaban J connectivity index is 1.14. The van der Waals surface area contributed by atoms with E-state index in [4.69, 9.17) is 50.8 Å². The number of hydrogen-bond donors (Lipinski definition) is 3. The fraction of sp³-hybridized carbons (Fsp3) is 0.500. The number of hydrogen-bond acceptors (Lipinski definition) is 16. The van der Waals surface area contributed by atoms with Gasteiger partial charge in [0, 0.05) is 4.57 Å². The van der Waals surface area contributed by atoms with Gasteiger partial charge >= 0.3 is 15.0 Å². The monoisotopic (exact) mass is 661 g/mol. The zero-order chi connectivity index (χ0) is 30.0. The Morgan fingerprint density at radius 1 is 0.884 bits per heavy atom. The maximum absolute atomic E-state index is 15.9. The molecule has 3 aliphatic heterocycles. The van der Waals surface area contributed by atoms with E-state index in [0.29, 0.717) is 0 Å². The summed E-state index contributed by atoms with van der Waals surface area (Å²) in [4.78, 5) is 34.9. The van der Waals surface area contributed by atoms with Crippen LogP contribution in [0.5, 0.6) is 0 Å². The van der Waals surface area contributed by atoms with Crippen LogP contribution in [0.3, 0.4) is 0 Å². The number of ether oxygens (including phenoxy) is 2. The number of imidazole rings is 2. The minimum absolute atomic E-state index is 0.0661. The van der Waals surface area contributed by atoms with Crippen LogP contribution in [0.25, 0.3) is 22.3 Å². The van der Waals surface area contributed by atoms with Crippen LogP contribution in [-0.2, 0) is 43.9 Å². The summed E-state index contributed by atoms with van der Waals surface area (Å²) in [5.74, 6) is 0.133. The highest BCUT2D eigenvalue weighted by atomic mass is 32.5. The second-order valence-electron chi connectivity index (χ2n) is 9.61. The maximum atomic E-state index is 15.9. The van der Waals surface area contributed by atoms with E-state index >= 15 is 8.78 Å². The lowest BCUT2D eigenvalue weighted by molar-refractivity contribution is -0.0558. The largest absolute Gasteiger partial charge is 0.697 e. The molecular formula is C20H21F2N10O8P2S+. The molecule has 23 heteroatoms. The van der Waals surface area contributed by atoms with E-state index in [1.54, 1.807) is 0 Å². The smallest absolute Gasteiger partial charge is 0.382 e. The van der Waals surface area contributed by atoms with Crippen molar-refractivity contribution in [3.8, 4) is 0 Å². The minimum atomic E-state index is -4.21. The number of nitrogens with zero attached hydrogens (tertiary/aromatic N) is 8. The molecule has 0 saturated carbocycles. The number of alkyl halides is 2. The predicted molar refractivity (Wildman–Crippen MR) is 143 cm³/mol. The summed E-state index contributed by atoms with van der Waals surface area (Å²) in [6.45, 7) is -5.35. The SMILES string of the molecule is Nc1ncnc2c1ncn2[C@@H]1O[C@@H]2COP(O)(=S)O[C@H]3[C@H](F)[C@H](n4cnc5c(N)ncnc54)O[C@@H]3CO[P+](=O)O[C@H]2[C@@H]1F. The molecule has 4 aromatic rings. The topological polar surface area (TPSA) is 232 Å². The standard InChI is InChI=1S/C20H20F2N10O8P2S/c21-9-13-8(38-19(9)31-5-29-11-15(23)25-3-27-17(11)31)2-36-42(34,43)40-14-7(1-35-41(33)39-13)37-20(10(14)22)32-6-30-12-16(24)26-4-28-18(12)32/h3-10,13-14,19-20H,1-2H2,(H4-,23,24,25,26,27,28,34,43)/p+1/t7-,8-,9+,10+,13-,14-,19-,20-,42?/m1/s1. The highest BCUT2D eigenvalue weighted by Crippen LogP contribution is 2.52. The number of nitrogen functional groups attached to an aromatic ring is 2. The van der Waals surface area contributed by atoms with Gasteiger partial charge in [0.2, 0.25) is 0 Å². The molecule has 0 bridgehead atoms. The highest BCUT2D eigenvalue weighted by molar-refractivity contribution is 8.07. The maximum Gasteiger partial charge on any atom is 0.697 e. The molecule has 4 aromatic heterocycles. The van der Waals surface area contributed by atoms with Crippen LogP contribution in [0.15, 0.2) is 25.3 Å². The summed E-state index contributed by atoms with van der Waals surface area (Å²) in [7, 11) is -3.00. The molecule has 3 fully saturated rings. The number of halogens is 2. The van der Waals surface area contributed by atoms with Gasteiger partial charge in [0.1, 0.15) is 48.6 Å². The van der Waals surface area contributed by atoms with Crippen LogP contribution >= 0.6 is 15.0 Å². The van der Waals surface area contributed by atoms with E-state index in [9.17, 15) is 9.46 Å². The molecule has 2 unspecified atom stereocenters. The van der Waals surface area contributed by atoms with Crippen molar-refractivity contribution in [3.05, 3.63) is 25.3 Å². The third-order valence-electron chi connectivity index (χ3n) is 7.07. The third-order valence-corrected chi connectivity index (χ3v) is 9.40. The van der Waals surface area contributed by atoms with Gasteiger partial charge in [0.05, 0.1) is 19.3 Å². The van der Waals surface area contributed by atoms with Crippen LogP contribution in [0.2, 0.25) is 0 Å². The Kier molecular flexibility index (Phi) is 7.28. The Labute approximate surface area is 244 Å². The van der Waals surface area contributed by atoms with Gasteiger partial charge in [-0.1, -0.05) is 0 Å². The van der Waals surface area contributed by atoms with Crippen molar-refractivity contribution in [3.63, 3.8) is 0 Å². The van der Waals surface area contributed by atoms with Crippen molar-refractivity contribution in [2.45, 2.75) is 49.2 Å². The van der Waals surface area contributed by atoms with Gasteiger partial charge in [-0.05, 0) is 11.8 Å². The molecule has 0 aliphatic carbocycles. The number of rotatable bonds is 2. The summed E-state index contributed by atoms with van der Waals surface area (Å²) >= 11 is 5.14. The summed E-state index contributed by atoms with van der Waals surface area (Å²) in [5.41, 5.74) is 12.4. The van der Waals surface area contributed by atoms with Gasteiger partial charge in [-0.2, -0.15) is 0 Å². The van der Waals surface area contributed by atoms with Crippen molar-refractivity contribution < 1.29 is 45.8 Å². The highest BCUT2D eigenvalue weighted by Gasteiger charge is 2.55. The van der Waals surface area contributed by atoms with Gasteiger partial charge in [-0.25, -0.2) is 38.7 Å². The fourth-order valence-corrected chi connectivity index (χ4v) is 7.30. The molecule has 43 heavy (non-hydrogen) atoms. The lowest BCUT2D eigenvalue weighted by Gasteiger charge is -2.25. The average molecular weight is 661 g/mol. The number of anilines is 2. The van der Waals surface area contributed by atoms with Crippen molar-refractivity contribution in [1.82, 2.24) is 39.0 Å². The van der Waals surface area contributed by atoms with Gasteiger partial charge in [-0.3, -0.25) is 13.7 Å². The summed E-state index contributed by atoms with van der Waals surface area (Å²) in [6, 6.07) is 0. The van der Waals surface area contributed by atoms with E-state index < -0.39 is 77.4 Å². The number of nitrogens with two attached hydrogens (primary N) is 2. The summed E-state index contributed by atoms with van der Waals surface area (Å²) in [5, 5.41) is 0. The first-order chi connectivity index (χ1) is 20.6. The molecular weight excluding hydrogens is 640 g/mol. The van der Waals surface area contributed by atoms with Crippen LogP contribution in [0.4, 0.5) is 20.4 Å². The molecule has 7 heterocycles. The van der Waals surface area contributed by atoms with E-state index in [1.165, 1.54) is 34.4 Å². The van der Waals surface area contributed by atoms with Crippen LogP contribution < -0.4 is 11.5 Å². The van der Waals surface area contributed by atoms with Crippen molar-refractivity contribution >= 4 is 60.7 Å². The van der Waals surface area contributed by atoms with Crippen molar-refractivity contribution in [2.75, 3.05) is 24.7 Å². The molecule has 228 valence electrons. The van der Waals surface area contributed by atoms with Crippen molar-refractivity contribution in [1.29, 1.82) is 0 Å².